The predicted octanol–water partition coefficient (Wildman–Crippen LogP) is 2.58. The van der Waals surface area contributed by atoms with E-state index < -0.39 is 0 Å². The summed E-state index contributed by atoms with van der Waals surface area (Å²) in [6.07, 6.45) is 0. The zero-order chi connectivity index (χ0) is 19.8. The zero-order valence-electron chi connectivity index (χ0n) is 16.6. The molecule has 8 bridgehead atoms. The number of ether oxygens (including phenoxy) is 2. The molecular weight excluding hydrogens is 512 g/mol. The Bertz CT molecular complexity index is 958. The molecule has 156 valence electrons. The third-order valence-corrected chi connectivity index (χ3v) is 17.3. The molecule has 0 radical (unpaired) electrons. The lowest BCUT2D eigenvalue weighted by Gasteiger charge is -2.74. The topological polar surface area (TPSA) is 52.6 Å². The van der Waals surface area contributed by atoms with Gasteiger partial charge in [-0.25, -0.2) is 0 Å². The molecule has 0 aromatic heterocycles. The number of rotatable bonds is 2. The van der Waals surface area contributed by atoms with Crippen LogP contribution in [-0.4, -0.2) is 35.8 Å². The molecule has 13 saturated carbocycles. The van der Waals surface area contributed by atoms with Crippen LogP contribution in [0.4, 0.5) is 0 Å². The summed E-state index contributed by atoms with van der Waals surface area (Å²) in [5, 5.41) is 0. The molecule has 0 aromatic carbocycles. The smallest absolute Gasteiger partial charge is 0.309 e. The van der Waals surface area contributed by atoms with E-state index in [0.29, 0.717) is 66.8 Å². The second kappa shape index (κ2) is 3.52. The number of methoxy groups -OCH3 is 2. The minimum atomic E-state index is 0.0830. The van der Waals surface area contributed by atoms with Gasteiger partial charge < -0.3 is 9.47 Å². The first-order valence-electron chi connectivity index (χ1n) is 12.0. The van der Waals surface area contributed by atoms with Gasteiger partial charge in [0, 0.05) is 9.65 Å². The summed E-state index contributed by atoms with van der Waals surface area (Å²) in [5.41, 5.74) is 1.31. The summed E-state index contributed by atoms with van der Waals surface area (Å²) in [5.74, 6) is 8.11. The molecule has 13 aliphatic carbocycles. The van der Waals surface area contributed by atoms with E-state index in [1.165, 1.54) is 0 Å². The molecule has 8 unspecified atom stereocenters. The molecule has 0 aromatic rings. The maximum atomic E-state index is 13.3. The summed E-state index contributed by atoms with van der Waals surface area (Å²) < 4.78 is 11.0. The molecular formula is C24H22Br2O4. The van der Waals surface area contributed by atoms with Crippen molar-refractivity contribution >= 4 is 43.8 Å². The lowest BCUT2D eigenvalue weighted by atomic mass is 9.28. The second-order valence-electron chi connectivity index (χ2n) is 13.0. The quantitative estimate of drug-likeness (QED) is 0.404. The van der Waals surface area contributed by atoms with E-state index in [4.69, 9.17) is 9.47 Å². The van der Waals surface area contributed by atoms with Crippen LogP contribution in [0.2, 0.25) is 0 Å². The zero-order valence-corrected chi connectivity index (χ0v) is 19.8. The predicted molar refractivity (Wildman–Crippen MR) is 108 cm³/mol. The molecule has 30 heavy (non-hydrogen) atoms. The molecule has 4 nitrogen and oxygen atoms in total. The van der Waals surface area contributed by atoms with Crippen molar-refractivity contribution in [2.45, 2.75) is 9.65 Å². The van der Waals surface area contributed by atoms with E-state index in [9.17, 15) is 9.59 Å². The van der Waals surface area contributed by atoms with Gasteiger partial charge >= 0.3 is 11.9 Å². The standard InChI is InChI=1S/C24H22Br2O4/c1-29-19(27)7-9-3-4-10(7)22-14-6-5-13(17(14)25)21(9,22)23-11(3)8(20(28)30-2)12(4)24(22,23)16(6)18(26)15(5)23/h3-18H,1-2H3. The maximum absolute atomic E-state index is 13.3. The fourth-order valence-electron chi connectivity index (χ4n) is 17.5. The third kappa shape index (κ3) is 0.716. The van der Waals surface area contributed by atoms with E-state index in [0.717, 1.165) is 35.5 Å². The van der Waals surface area contributed by atoms with Crippen molar-refractivity contribution in [2.75, 3.05) is 14.2 Å². The summed E-state index contributed by atoms with van der Waals surface area (Å²) in [7, 11) is 3.20. The summed E-state index contributed by atoms with van der Waals surface area (Å²) in [6.45, 7) is 0. The highest BCUT2D eigenvalue weighted by Gasteiger charge is 3.23. The number of alkyl halides is 2. The Labute approximate surface area is 190 Å². The van der Waals surface area contributed by atoms with Crippen molar-refractivity contribution in [2.24, 2.45) is 105 Å². The number of esters is 2. The Morgan fingerprint density at radius 1 is 0.567 bits per heavy atom. The van der Waals surface area contributed by atoms with Crippen LogP contribution in [0, 0.1) is 105 Å². The highest BCUT2D eigenvalue weighted by Crippen LogP contribution is 3.24. The molecule has 6 heteroatoms. The fraction of sp³-hybridized carbons (Fsp3) is 0.917. The summed E-state index contributed by atoms with van der Waals surface area (Å²) in [6, 6.07) is 0. The normalized spacial score (nSPS) is 85.5. The van der Waals surface area contributed by atoms with Gasteiger partial charge in [0.25, 0.3) is 0 Å². The monoisotopic (exact) mass is 532 g/mol. The van der Waals surface area contributed by atoms with Gasteiger partial charge in [-0.15, -0.1) is 0 Å². The van der Waals surface area contributed by atoms with Crippen LogP contribution < -0.4 is 0 Å². The summed E-state index contributed by atoms with van der Waals surface area (Å²) >= 11 is 8.62. The SMILES string of the molecule is COC(=O)C1C2C3C4C1C15C6C(Br)C7C8C6C6C(Br)C8C8(C3C(C(=O)OC)C4C618)C725. The van der Waals surface area contributed by atoms with Crippen molar-refractivity contribution < 1.29 is 19.1 Å². The van der Waals surface area contributed by atoms with Crippen LogP contribution in [0.3, 0.4) is 0 Å². The van der Waals surface area contributed by atoms with Gasteiger partial charge in [-0.3, -0.25) is 9.59 Å². The van der Waals surface area contributed by atoms with Gasteiger partial charge in [0.15, 0.2) is 0 Å². The van der Waals surface area contributed by atoms with E-state index >= 15 is 0 Å². The van der Waals surface area contributed by atoms with Gasteiger partial charge in [-0.1, -0.05) is 31.9 Å². The summed E-state index contributed by atoms with van der Waals surface area (Å²) in [4.78, 5) is 27.9. The number of carbonyl (C=O) groups excluding carboxylic acids is 2. The van der Waals surface area contributed by atoms with Crippen LogP contribution in [0.15, 0.2) is 0 Å². The molecule has 13 rings (SSSR count). The van der Waals surface area contributed by atoms with Crippen molar-refractivity contribution in [3.05, 3.63) is 0 Å². The van der Waals surface area contributed by atoms with Gasteiger partial charge in [0.05, 0.1) is 26.1 Å². The molecule has 0 aliphatic heterocycles. The Kier molecular flexibility index (Phi) is 1.84. The first-order valence-corrected chi connectivity index (χ1v) is 13.8. The van der Waals surface area contributed by atoms with Crippen molar-refractivity contribution in [1.29, 1.82) is 0 Å². The van der Waals surface area contributed by atoms with Crippen LogP contribution in [0.1, 0.15) is 0 Å². The molecule has 13 aliphatic rings. The van der Waals surface area contributed by atoms with Crippen molar-refractivity contribution in [3.8, 4) is 0 Å². The number of hydrogen-bond acceptors (Lipinski definition) is 4. The average Bonchev–Trinajstić information content (AvgIpc) is 3.54. The Morgan fingerprint density at radius 2 is 0.833 bits per heavy atom. The largest absolute Gasteiger partial charge is 0.469 e. The first-order chi connectivity index (χ1) is 14.5. The molecule has 8 atom stereocenters. The minimum absolute atomic E-state index is 0.0830. The van der Waals surface area contributed by atoms with E-state index in [1.54, 1.807) is 14.2 Å². The van der Waals surface area contributed by atoms with E-state index in [-0.39, 0.29) is 23.8 Å². The van der Waals surface area contributed by atoms with Crippen LogP contribution in [0.5, 0.6) is 0 Å². The number of halogens is 2. The van der Waals surface area contributed by atoms with Crippen LogP contribution in [0.25, 0.3) is 0 Å². The molecule has 0 saturated heterocycles. The molecule has 0 amide bonds. The molecule has 0 heterocycles. The molecule has 13 fully saturated rings. The van der Waals surface area contributed by atoms with Gasteiger partial charge in [-0.05, 0) is 92.7 Å². The van der Waals surface area contributed by atoms with E-state index in [1.807, 2.05) is 0 Å². The average molecular weight is 534 g/mol. The van der Waals surface area contributed by atoms with Crippen LogP contribution >= 0.6 is 31.9 Å². The van der Waals surface area contributed by atoms with Crippen molar-refractivity contribution in [1.82, 2.24) is 0 Å². The third-order valence-electron chi connectivity index (χ3n) is 15.0. The minimum Gasteiger partial charge on any atom is -0.469 e. The second-order valence-corrected chi connectivity index (χ2v) is 15.1. The fourth-order valence-corrected chi connectivity index (χ4v) is 20.6. The molecule has 4 spiro atoms. The lowest BCUT2D eigenvalue weighted by Crippen LogP contribution is -2.73. The van der Waals surface area contributed by atoms with Gasteiger partial charge in [0.2, 0.25) is 0 Å². The van der Waals surface area contributed by atoms with Gasteiger partial charge in [-0.2, -0.15) is 0 Å². The number of hydrogen-bond donors (Lipinski definition) is 0. The highest BCUT2D eigenvalue weighted by molar-refractivity contribution is 9.09. The van der Waals surface area contributed by atoms with Crippen LogP contribution in [-0.2, 0) is 19.1 Å². The maximum Gasteiger partial charge on any atom is 0.309 e. The van der Waals surface area contributed by atoms with Gasteiger partial charge in [0.1, 0.15) is 0 Å². The molecule has 0 N–H and O–H groups in total. The highest BCUT2D eigenvalue weighted by atomic mass is 79.9. The van der Waals surface area contributed by atoms with Crippen molar-refractivity contribution in [3.63, 3.8) is 0 Å². The lowest BCUT2D eigenvalue weighted by molar-refractivity contribution is -0.297. The Balaban J connectivity index is 1.34. The van der Waals surface area contributed by atoms with E-state index in [2.05, 4.69) is 31.9 Å². The Hall–Kier alpha value is -0.100. The first kappa shape index (κ1) is 15.7. The Morgan fingerprint density at radius 3 is 1.10 bits per heavy atom. The number of carbonyl (C=O) groups is 2.